The van der Waals surface area contributed by atoms with Gasteiger partial charge in [0.05, 0.1) is 7.11 Å². The van der Waals surface area contributed by atoms with E-state index in [4.69, 9.17) is 4.74 Å². The maximum Gasteiger partial charge on any atom is 0.442 e. The van der Waals surface area contributed by atoms with E-state index in [-0.39, 0.29) is 5.56 Å². The third-order valence-electron chi connectivity index (χ3n) is 2.77. The molecule has 0 radical (unpaired) electrons. The highest BCUT2D eigenvalue weighted by atomic mass is 19.4. The first kappa shape index (κ1) is 11.9. The number of ether oxygens (including phenoxy) is 1. The van der Waals surface area contributed by atoms with Crippen LogP contribution in [0.25, 0.3) is 0 Å². The molecule has 0 unspecified atom stereocenters. The first-order valence-electron chi connectivity index (χ1n) is 5.13. The lowest BCUT2D eigenvalue weighted by atomic mass is 9.99. The highest BCUT2D eigenvalue weighted by Crippen LogP contribution is 2.52. The number of hydrogen-bond donors (Lipinski definition) is 0. The summed E-state index contributed by atoms with van der Waals surface area (Å²) in [5, 5.41) is 6.30. The average Bonchev–Trinajstić information content (AvgIpc) is 3.08. The molecule has 17 heavy (non-hydrogen) atoms. The summed E-state index contributed by atoms with van der Waals surface area (Å²) in [5.41, 5.74) is -1.51. The van der Waals surface area contributed by atoms with Crippen LogP contribution in [0.3, 0.4) is 0 Å². The predicted molar refractivity (Wildman–Crippen MR) is 55.0 cm³/mol. The van der Waals surface area contributed by atoms with Gasteiger partial charge in [0.1, 0.15) is 5.75 Å². The minimum absolute atomic E-state index is 0.000880. The Kier molecular flexibility index (Phi) is 2.60. The second kappa shape index (κ2) is 3.72. The molecule has 1 aromatic carbocycles. The van der Waals surface area contributed by atoms with Gasteiger partial charge >= 0.3 is 11.8 Å². The molecule has 6 heteroatoms. The van der Waals surface area contributed by atoms with Crippen LogP contribution in [0.2, 0.25) is 0 Å². The molecule has 0 saturated heterocycles. The normalized spacial score (nSPS) is 17.0. The summed E-state index contributed by atoms with van der Waals surface area (Å²) >= 11 is 0. The third kappa shape index (κ3) is 1.77. The summed E-state index contributed by atoms with van der Waals surface area (Å²) in [6.45, 7) is 1.91. The lowest BCUT2D eigenvalue weighted by molar-refractivity contribution is -0.166. The fourth-order valence-corrected chi connectivity index (χ4v) is 1.70. The van der Waals surface area contributed by atoms with Gasteiger partial charge in [0.25, 0.3) is 0 Å². The van der Waals surface area contributed by atoms with Crippen molar-refractivity contribution >= 4 is 0 Å². The third-order valence-corrected chi connectivity index (χ3v) is 2.77. The van der Waals surface area contributed by atoms with E-state index in [2.05, 4.69) is 10.2 Å². The first-order valence-corrected chi connectivity index (χ1v) is 5.13. The van der Waals surface area contributed by atoms with Crippen molar-refractivity contribution in [2.45, 2.75) is 25.2 Å². The van der Waals surface area contributed by atoms with Gasteiger partial charge in [-0.25, -0.2) is 0 Å². The van der Waals surface area contributed by atoms with Gasteiger partial charge in [-0.15, -0.1) is 10.2 Å². The van der Waals surface area contributed by atoms with Gasteiger partial charge in [-0.3, -0.25) is 0 Å². The fraction of sp³-hybridized carbons (Fsp3) is 0.455. The number of benzene rings is 1. The molecule has 1 heterocycles. The van der Waals surface area contributed by atoms with Crippen LogP contribution in [0.15, 0.2) is 28.4 Å². The Hall–Kier alpha value is -1.59. The Bertz CT molecular complexity index is 462. The zero-order chi connectivity index (χ0) is 12.7. The maximum atomic E-state index is 12.8. The molecule has 0 aromatic heterocycles. The molecule has 0 saturated carbocycles. The van der Waals surface area contributed by atoms with Crippen molar-refractivity contribution in [3.05, 3.63) is 29.3 Å². The molecule has 0 bridgehead atoms. The Morgan fingerprint density at radius 3 is 2.35 bits per heavy atom. The molecule has 0 fully saturated rings. The number of methoxy groups -OCH3 is 1. The maximum absolute atomic E-state index is 12.8. The summed E-state index contributed by atoms with van der Waals surface area (Å²) in [4.78, 5) is 0. The quantitative estimate of drug-likeness (QED) is 0.801. The van der Waals surface area contributed by atoms with Crippen molar-refractivity contribution in [1.29, 1.82) is 0 Å². The van der Waals surface area contributed by atoms with Gasteiger partial charge < -0.3 is 4.74 Å². The van der Waals surface area contributed by atoms with Crippen molar-refractivity contribution in [3.8, 4) is 5.75 Å². The molecule has 0 amide bonds. The lowest BCUT2D eigenvalue weighted by Gasteiger charge is -2.16. The van der Waals surface area contributed by atoms with Crippen molar-refractivity contribution in [2.75, 3.05) is 7.11 Å². The van der Waals surface area contributed by atoms with Crippen LogP contribution >= 0.6 is 0 Å². The first-order chi connectivity index (χ1) is 7.94. The second-order valence-corrected chi connectivity index (χ2v) is 3.75. The van der Waals surface area contributed by atoms with E-state index >= 15 is 0 Å². The molecule has 0 atom stereocenters. The number of aryl methyl sites for hydroxylation is 1. The van der Waals surface area contributed by atoms with E-state index in [0.29, 0.717) is 12.2 Å². The van der Waals surface area contributed by atoms with Gasteiger partial charge in [-0.2, -0.15) is 13.2 Å². The smallest absolute Gasteiger partial charge is 0.442 e. The number of alkyl halides is 3. The molecule has 92 valence electrons. The van der Waals surface area contributed by atoms with Crippen LogP contribution in [0, 0.1) is 0 Å². The summed E-state index contributed by atoms with van der Waals surface area (Å²) in [6.07, 6.45) is -3.80. The van der Waals surface area contributed by atoms with Crippen molar-refractivity contribution < 1.29 is 17.9 Å². The van der Waals surface area contributed by atoms with Crippen LogP contribution in [-0.2, 0) is 12.1 Å². The minimum Gasteiger partial charge on any atom is -0.496 e. The molecule has 1 aliphatic rings. The Balaban J connectivity index is 2.42. The van der Waals surface area contributed by atoms with Crippen molar-refractivity contribution in [2.24, 2.45) is 10.2 Å². The molecule has 0 aliphatic carbocycles. The summed E-state index contributed by atoms with van der Waals surface area (Å²) < 4.78 is 43.4. The Morgan fingerprint density at radius 1 is 1.29 bits per heavy atom. The number of nitrogens with zero attached hydrogens (tertiary/aromatic N) is 2. The zero-order valence-corrected chi connectivity index (χ0v) is 9.38. The molecular weight excluding hydrogens is 233 g/mol. The lowest BCUT2D eigenvalue weighted by Crippen LogP contribution is -2.30. The van der Waals surface area contributed by atoms with E-state index in [1.165, 1.54) is 19.2 Å². The van der Waals surface area contributed by atoms with Gasteiger partial charge in [0.2, 0.25) is 0 Å². The SMILES string of the molecule is CCc1ccc(C2(C(F)(F)F)N=N2)cc1OC. The van der Waals surface area contributed by atoms with E-state index in [1.807, 2.05) is 6.92 Å². The van der Waals surface area contributed by atoms with Gasteiger partial charge in [-0.05, 0) is 18.1 Å². The molecule has 1 aliphatic heterocycles. The van der Waals surface area contributed by atoms with Crippen LogP contribution in [0.5, 0.6) is 5.75 Å². The van der Waals surface area contributed by atoms with E-state index in [1.54, 1.807) is 6.07 Å². The summed E-state index contributed by atoms with van der Waals surface area (Å²) in [5.74, 6) is 0.436. The topological polar surface area (TPSA) is 34.0 Å². The largest absolute Gasteiger partial charge is 0.496 e. The van der Waals surface area contributed by atoms with Crippen LogP contribution in [0.1, 0.15) is 18.1 Å². The monoisotopic (exact) mass is 244 g/mol. The molecular formula is C11H11F3N2O. The van der Waals surface area contributed by atoms with E-state index in [0.717, 1.165) is 5.56 Å². The minimum atomic E-state index is -4.49. The van der Waals surface area contributed by atoms with Gasteiger partial charge in [-0.1, -0.05) is 19.1 Å². The molecule has 3 nitrogen and oxygen atoms in total. The molecule has 2 rings (SSSR count). The Morgan fingerprint density at radius 2 is 1.94 bits per heavy atom. The van der Waals surface area contributed by atoms with Crippen LogP contribution in [-0.4, -0.2) is 13.3 Å². The highest BCUT2D eigenvalue weighted by molar-refractivity contribution is 5.42. The molecule has 1 aromatic rings. The van der Waals surface area contributed by atoms with Gasteiger partial charge in [0.15, 0.2) is 0 Å². The van der Waals surface area contributed by atoms with E-state index < -0.39 is 11.8 Å². The van der Waals surface area contributed by atoms with Crippen LogP contribution in [0.4, 0.5) is 13.2 Å². The summed E-state index contributed by atoms with van der Waals surface area (Å²) in [6, 6.07) is 4.37. The summed E-state index contributed by atoms with van der Waals surface area (Å²) in [7, 11) is 1.43. The standard InChI is InChI=1S/C11H11F3N2O/c1-3-7-4-5-8(6-9(7)17-2)10(15-16-10)11(12,13)14/h4-6H,3H2,1-2H3. The van der Waals surface area contributed by atoms with Crippen molar-refractivity contribution in [3.63, 3.8) is 0 Å². The fourth-order valence-electron chi connectivity index (χ4n) is 1.70. The second-order valence-electron chi connectivity index (χ2n) is 3.75. The molecule has 0 spiro atoms. The van der Waals surface area contributed by atoms with Gasteiger partial charge in [0, 0.05) is 5.56 Å². The number of hydrogen-bond acceptors (Lipinski definition) is 3. The predicted octanol–water partition coefficient (Wildman–Crippen LogP) is 3.44. The molecule has 0 N–H and O–H groups in total. The van der Waals surface area contributed by atoms with Crippen molar-refractivity contribution in [1.82, 2.24) is 0 Å². The van der Waals surface area contributed by atoms with Crippen LogP contribution < -0.4 is 4.74 Å². The zero-order valence-electron chi connectivity index (χ0n) is 9.38. The average molecular weight is 244 g/mol. The number of rotatable bonds is 3. The van der Waals surface area contributed by atoms with E-state index in [9.17, 15) is 13.2 Å². The highest BCUT2D eigenvalue weighted by Gasteiger charge is 2.65. The number of halogens is 3. The Labute approximate surface area is 96.3 Å².